The molecule has 36 heavy (non-hydrogen) atoms. The molecule has 0 bridgehead atoms. The lowest BCUT2D eigenvalue weighted by Crippen LogP contribution is -2.42. The molecule has 3 atom stereocenters. The van der Waals surface area contributed by atoms with Crippen LogP contribution in [0.5, 0.6) is 11.5 Å². The van der Waals surface area contributed by atoms with Crippen LogP contribution in [0.15, 0.2) is 30.5 Å². The number of nitrogens with zero attached hydrogens (tertiary/aromatic N) is 1. The lowest BCUT2D eigenvalue weighted by atomic mass is 9.82. The number of esters is 2. The number of halogens is 1. The Morgan fingerprint density at radius 2 is 1.81 bits per heavy atom. The first-order valence-electron chi connectivity index (χ1n) is 11.5. The van der Waals surface area contributed by atoms with E-state index in [1.807, 2.05) is 20.8 Å². The normalized spacial score (nSPS) is 13.4. The molecule has 1 heterocycles. The predicted molar refractivity (Wildman–Crippen MR) is 129 cm³/mol. The summed E-state index contributed by atoms with van der Waals surface area (Å²) in [6.07, 6.45) is 0.800. The molecule has 0 aliphatic rings. The summed E-state index contributed by atoms with van der Waals surface area (Å²) in [5, 5.41) is 2.55. The Kier molecular flexibility index (Phi) is 10.2. The van der Waals surface area contributed by atoms with Crippen LogP contribution in [-0.4, -0.2) is 48.9 Å². The van der Waals surface area contributed by atoms with Crippen molar-refractivity contribution in [1.29, 1.82) is 0 Å². The molecular weight excluding hydrogens is 471 g/mol. The van der Waals surface area contributed by atoms with Gasteiger partial charge in [0.15, 0.2) is 17.2 Å². The standard InChI is InChI=1S/C26H33FN2O7/c1-14(2)22(20-9-8-19(27)12-15(20)3)17(5)36-26(32)16(4)29-25(31)23-24(35-13-34-18(6)30)21(33-7)10-11-28-23/h8-12,14,16-17,22H,13H2,1-7H3,(H,29,31)/t16-,17-,22+/m0/s1. The Morgan fingerprint density at radius 3 is 2.39 bits per heavy atom. The van der Waals surface area contributed by atoms with Crippen molar-refractivity contribution in [2.24, 2.45) is 5.92 Å². The molecule has 0 saturated heterocycles. The van der Waals surface area contributed by atoms with Crippen LogP contribution in [0.2, 0.25) is 0 Å². The van der Waals surface area contributed by atoms with E-state index < -0.39 is 36.8 Å². The van der Waals surface area contributed by atoms with E-state index in [9.17, 15) is 18.8 Å². The SMILES string of the molecule is COc1ccnc(C(=O)N[C@@H](C)C(=O)O[C@@H](C)[C@H](c2ccc(F)cc2C)C(C)C)c1OCOC(C)=O. The molecule has 0 fully saturated rings. The maximum Gasteiger partial charge on any atom is 0.328 e. The third-order valence-corrected chi connectivity index (χ3v) is 5.59. The topological polar surface area (TPSA) is 113 Å². The number of carbonyl (C=O) groups excluding carboxylic acids is 3. The minimum absolute atomic E-state index is 0.0423. The molecule has 9 nitrogen and oxygen atoms in total. The molecule has 0 aliphatic carbocycles. The summed E-state index contributed by atoms with van der Waals surface area (Å²) >= 11 is 0. The number of aryl methyl sites for hydroxylation is 1. The highest BCUT2D eigenvalue weighted by Gasteiger charge is 2.30. The Balaban J connectivity index is 2.14. The zero-order valence-electron chi connectivity index (χ0n) is 21.6. The second-order valence-corrected chi connectivity index (χ2v) is 8.70. The Hall–Kier alpha value is -3.69. The van der Waals surface area contributed by atoms with Crippen LogP contribution in [0, 0.1) is 18.7 Å². The molecule has 1 aromatic heterocycles. The van der Waals surface area contributed by atoms with Crippen molar-refractivity contribution in [3.63, 3.8) is 0 Å². The van der Waals surface area contributed by atoms with Gasteiger partial charge in [-0.3, -0.25) is 9.59 Å². The summed E-state index contributed by atoms with van der Waals surface area (Å²) in [5.41, 5.74) is 1.50. The highest BCUT2D eigenvalue weighted by atomic mass is 19.1. The molecule has 1 N–H and O–H groups in total. The van der Waals surface area contributed by atoms with Crippen LogP contribution < -0.4 is 14.8 Å². The van der Waals surface area contributed by atoms with Gasteiger partial charge in [0.05, 0.1) is 7.11 Å². The van der Waals surface area contributed by atoms with Crippen LogP contribution >= 0.6 is 0 Å². The van der Waals surface area contributed by atoms with Gasteiger partial charge in [0.1, 0.15) is 18.0 Å². The number of hydrogen-bond donors (Lipinski definition) is 1. The van der Waals surface area contributed by atoms with Gasteiger partial charge >= 0.3 is 11.9 Å². The van der Waals surface area contributed by atoms with Crippen molar-refractivity contribution in [2.45, 2.75) is 59.6 Å². The lowest BCUT2D eigenvalue weighted by molar-refractivity contribution is -0.152. The molecule has 196 valence electrons. The fourth-order valence-electron chi connectivity index (χ4n) is 3.91. The minimum Gasteiger partial charge on any atom is -0.493 e. The summed E-state index contributed by atoms with van der Waals surface area (Å²) in [6, 6.07) is 5.00. The zero-order valence-corrected chi connectivity index (χ0v) is 21.6. The largest absolute Gasteiger partial charge is 0.493 e. The first kappa shape index (κ1) is 28.5. The molecule has 0 spiro atoms. The van der Waals surface area contributed by atoms with Crippen LogP contribution in [0.3, 0.4) is 0 Å². The third kappa shape index (κ3) is 7.40. The molecule has 2 rings (SSSR count). The Morgan fingerprint density at radius 1 is 1.11 bits per heavy atom. The molecular formula is C26H33FN2O7. The number of benzene rings is 1. The third-order valence-electron chi connectivity index (χ3n) is 5.59. The van der Waals surface area contributed by atoms with E-state index in [4.69, 9.17) is 18.9 Å². The smallest absolute Gasteiger partial charge is 0.328 e. The Bertz CT molecular complexity index is 1090. The van der Waals surface area contributed by atoms with Gasteiger partial charge in [0.2, 0.25) is 6.79 Å². The number of rotatable bonds is 11. The van der Waals surface area contributed by atoms with E-state index in [1.165, 1.54) is 45.4 Å². The average Bonchev–Trinajstić information content (AvgIpc) is 2.80. The maximum atomic E-state index is 13.6. The summed E-state index contributed by atoms with van der Waals surface area (Å²) in [5.74, 6) is -2.18. The minimum atomic E-state index is -1.02. The number of ether oxygens (including phenoxy) is 4. The predicted octanol–water partition coefficient (Wildman–Crippen LogP) is 3.93. The van der Waals surface area contributed by atoms with E-state index in [-0.39, 0.29) is 34.8 Å². The van der Waals surface area contributed by atoms with Gasteiger partial charge in [-0.15, -0.1) is 0 Å². The van der Waals surface area contributed by atoms with Crippen molar-refractivity contribution in [3.8, 4) is 11.5 Å². The van der Waals surface area contributed by atoms with Crippen molar-refractivity contribution in [2.75, 3.05) is 13.9 Å². The number of methoxy groups -OCH3 is 1. The highest BCUT2D eigenvalue weighted by Crippen LogP contribution is 2.33. The van der Waals surface area contributed by atoms with Gasteiger partial charge in [-0.25, -0.2) is 14.2 Å². The summed E-state index contributed by atoms with van der Waals surface area (Å²) in [6.45, 7) is 9.82. The second-order valence-electron chi connectivity index (χ2n) is 8.70. The zero-order chi connectivity index (χ0) is 27.0. The van der Waals surface area contributed by atoms with Crippen molar-refractivity contribution in [3.05, 3.63) is 53.1 Å². The highest BCUT2D eigenvalue weighted by molar-refractivity contribution is 5.98. The van der Waals surface area contributed by atoms with Crippen molar-refractivity contribution >= 4 is 17.8 Å². The number of aromatic nitrogens is 1. The van der Waals surface area contributed by atoms with Gasteiger partial charge in [0.25, 0.3) is 5.91 Å². The lowest BCUT2D eigenvalue weighted by Gasteiger charge is -2.30. The van der Waals surface area contributed by atoms with Gasteiger partial charge < -0.3 is 24.3 Å². The van der Waals surface area contributed by atoms with Gasteiger partial charge in [0, 0.05) is 25.1 Å². The monoisotopic (exact) mass is 504 g/mol. The van der Waals surface area contributed by atoms with E-state index in [0.29, 0.717) is 0 Å². The number of carbonyl (C=O) groups is 3. The first-order chi connectivity index (χ1) is 17.0. The van der Waals surface area contributed by atoms with Gasteiger partial charge in [-0.2, -0.15) is 0 Å². The summed E-state index contributed by atoms with van der Waals surface area (Å²) in [4.78, 5) is 40.8. The van der Waals surface area contributed by atoms with Crippen LogP contribution in [-0.2, 0) is 19.1 Å². The van der Waals surface area contributed by atoms with Crippen molar-refractivity contribution < 1.29 is 37.7 Å². The van der Waals surface area contributed by atoms with E-state index in [0.717, 1.165) is 11.1 Å². The summed E-state index contributed by atoms with van der Waals surface area (Å²) < 4.78 is 34.7. The van der Waals surface area contributed by atoms with E-state index in [1.54, 1.807) is 13.0 Å². The number of nitrogens with one attached hydrogen (secondary N) is 1. The molecule has 1 amide bonds. The molecule has 0 aliphatic heterocycles. The Labute approximate surface area is 210 Å². The number of amides is 1. The number of pyridine rings is 1. The number of hydrogen-bond acceptors (Lipinski definition) is 8. The van der Waals surface area contributed by atoms with Crippen LogP contribution in [0.25, 0.3) is 0 Å². The quantitative estimate of drug-likeness (QED) is 0.362. The molecule has 0 saturated carbocycles. The van der Waals surface area contributed by atoms with Crippen molar-refractivity contribution in [1.82, 2.24) is 10.3 Å². The molecule has 2 aromatic rings. The molecule has 0 unspecified atom stereocenters. The molecule has 0 radical (unpaired) electrons. The van der Waals surface area contributed by atoms with Crippen LogP contribution in [0.1, 0.15) is 62.2 Å². The molecule has 1 aromatic carbocycles. The summed E-state index contributed by atoms with van der Waals surface area (Å²) in [7, 11) is 1.38. The van der Waals surface area contributed by atoms with E-state index >= 15 is 0 Å². The fourth-order valence-corrected chi connectivity index (χ4v) is 3.91. The van der Waals surface area contributed by atoms with Crippen LogP contribution in [0.4, 0.5) is 4.39 Å². The fraction of sp³-hybridized carbons (Fsp3) is 0.462. The first-order valence-corrected chi connectivity index (χ1v) is 11.5. The van der Waals surface area contributed by atoms with E-state index in [2.05, 4.69) is 10.3 Å². The second kappa shape index (κ2) is 12.9. The average molecular weight is 505 g/mol. The maximum absolute atomic E-state index is 13.6. The molecule has 10 heteroatoms. The van der Waals surface area contributed by atoms with Gasteiger partial charge in [-0.05, 0) is 49.9 Å². The van der Waals surface area contributed by atoms with Gasteiger partial charge in [-0.1, -0.05) is 19.9 Å².